The molecule has 0 fully saturated rings. The van der Waals surface area contributed by atoms with E-state index < -0.39 is 5.66 Å². The van der Waals surface area contributed by atoms with Crippen molar-refractivity contribution in [3.8, 4) is 17.1 Å². The highest BCUT2D eigenvalue weighted by Crippen LogP contribution is 2.64. The van der Waals surface area contributed by atoms with Gasteiger partial charge in [-0.25, -0.2) is 0 Å². The second-order valence-electron chi connectivity index (χ2n) is 14.6. The summed E-state index contributed by atoms with van der Waals surface area (Å²) in [6.45, 7) is 9.63. The van der Waals surface area contributed by atoms with Crippen LogP contribution in [0.1, 0.15) is 61.1 Å². The lowest BCUT2D eigenvalue weighted by Crippen LogP contribution is -2.76. The number of para-hydroxylation sites is 2. The molecule has 0 saturated heterocycles. The molecule has 1 unspecified atom stereocenters. The van der Waals surface area contributed by atoms with E-state index in [4.69, 9.17) is 0 Å². The van der Waals surface area contributed by atoms with Crippen LogP contribution in [-0.4, -0.2) is 4.57 Å². The number of nitrogens with zero attached hydrogens (tertiary/aromatic N) is 4. The summed E-state index contributed by atoms with van der Waals surface area (Å²) in [6, 6.07) is 37.1. The first-order valence-electron chi connectivity index (χ1n) is 16.1. The molecule has 212 valence electrons. The van der Waals surface area contributed by atoms with E-state index in [2.05, 4.69) is 156 Å². The van der Waals surface area contributed by atoms with Gasteiger partial charge in [0.1, 0.15) is 16.6 Å². The monoisotopic (exact) mass is 578 g/mol. The van der Waals surface area contributed by atoms with Gasteiger partial charge in [0.2, 0.25) is 5.69 Å². The van der Waals surface area contributed by atoms with Gasteiger partial charge in [0.15, 0.2) is 11.7 Å². The molecule has 1 atom stereocenters. The molecule has 8 heterocycles. The number of benzene rings is 4. The molecule has 0 N–H and O–H groups in total. The molecule has 5 aliphatic heterocycles. The minimum absolute atomic E-state index is 0.150. The lowest BCUT2D eigenvalue weighted by atomic mass is 9.69. The summed E-state index contributed by atoms with van der Waals surface area (Å²) >= 11 is 0. The summed E-state index contributed by atoms with van der Waals surface area (Å²) in [5, 5.41) is 2.67. The molecule has 0 radical (unpaired) electrons. The Bertz CT molecular complexity index is 2620. The second-order valence-corrected chi connectivity index (χ2v) is 14.6. The molecule has 0 saturated carbocycles. The van der Waals surface area contributed by atoms with Crippen LogP contribution >= 0.6 is 0 Å². The Morgan fingerprint density at radius 1 is 0.533 bits per heavy atom. The molecule has 4 aromatic carbocycles. The molecule has 5 aliphatic rings. The zero-order chi connectivity index (χ0) is 29.8. The van der Waals surface area contributed by atoms with Gasteiger partial charge < -0.3 is 4.90 Å². The first-order valence-corrected chi connectivity index (χ1v) is 16.1. The zero-order valence-electron chi connectivity index (χ0n) is 25.7. The predicted molar refractivity (Wildman–Crippen MR) is 177 cm³/mol. The minimum Gasteiger partial charge on any atom is -0.308 e. The first kappa shape index (κ1) is 23.2. The van der Waals surface area contributed by atoms with Gasteiger partial charge in [0.25, 0.3) is 5.82 Å². The fourth-order valence-corrected chi connectivity index (χ4v) is 10.3. The number of anilines is 3. The second kappa shape index (κ2) is 6.72. The molecule has 45 heavy (non-hydrogen) atoms. The van der Waals surface area contributed by atoms with Gasteiger partial charge in [0, 0.05) is 39.3 Å². The van der Waals surface area contributed by atoms with Crippen molar-refractivity contribution in [1.29, 1.82) is 0 Å². The van der Waals surface area contributed by atoms with Gasteiger partial charge >= 0.3 is 5.66 Å². The van der Waals surface area contributed by atoms with Crippen LogP contribution in [0.4, 0.5) is 17.1 Å². The van der Waals surface area contributed by atoms with Crippen LogP contribution in [0, 0.1) is 0 Å². The number of pyridine rings is 2. The van der Waals surface area contributed by atoms with E-state index in [0.717, 1.165) is 0 Å². The maximum absolute atomic E-state index is 2.64. The summed E-state index contributed by atoms with van der Waals surface area (Å²) in [6.07, 6.45) is 4.68. The smallest absolute Gasteiger partial charge is 0.308 e. The quantitative estimate of drug-likeness (QED) is 0.167. The van der Waals surface area contributed by atoms with Crippen LogP contribution in [-0.2, 0) is 16.5 Å². The third-order valence-electron chi connectivity index (χ3n) is 12.1. The van der Waals surface area contributed by atoms with Crippen molar-refractivity contribution in [3.63, 3.8) is 0 Å². The van der Waals surface area contributed by atoms with Gasteiger partial charge in [-0.3, -0.25) is 0 Å². The standard InChI is InChI=1S/C41H30N4/c1-39(2)26-12-5-6-16-31(26)44-32-20-18-24-23-11-9-13-27-35(23)45-36(24)34(32)41(43-22-10-14-29(38(43)45)40(27,3)4)33-25(17-19-28(39)37(33)44)30-15-7-8-21-42(30)41/h5-22H,1-4H3/q+2. The lowest BCUT2D eigenvalue weighted by molar-refractivity contribution is -0.961. The normalized spacial score (nSPS) is 20.4. The molecular weight excluding hydrogens is 548 g/mol. The predicted octanol–water partition coefficient (Wildman–Crippen LogP) is 8.01. The van der Waals surface area contributed by atoms with Crippen LogP contribution in [0.25, 0.3) is 38.9 Å². The number of hydrogen-bond acceptors (Lipinski definition) is 1. The average molecular weight is 579 g/mol. The number of aromatic nitrogens is 3. The van der Waals surface area contributed by atoms with E-state index in [1.54, 1.807) is 0 Å². The highest BCUT2D eigenvalue weighted by atomic mass is 15.4. The Balaban J connectivity index is 1.43. The van der Waals surface area contributed by atoms with Crippen molar-refractivity contribution in [2.75, 3.05) is 4.90 Å². The molecule has 0 aliphatic carbocycles. The average Bonchev–Trinajstić information content (AvgIpc) is 3.56. The summed E-state index contributed by atoms with van der Waals surface area (Å²) < 4.78 is 7.86. The molecule has 12 rings (SSSR count). The number of rotatable bonds is 0. The SMILES string of the molecule is CC1(C)c2ccccc2N2c3ccc4c5cccc6c5n5c4c3C3(c4c(ccc1c42)-c1cccc[n+]13)[n+]1cccc(c1-5)C6(C)C. The Morgan fingerprint density at radius 2 is 1.29 bits per heavy atom. The van der Waals surface area contributed by atoms with Gasteiger partial charge in [0.05, 0.1) is 34.4 Å². The fourth-order valence-electron chi connectivity index (χ4n) is 10.3. The first-order chi connectivity index (χ1) is 21.9. The van der Waals surface area contributed by atoms with Crippen molar-refractivity contribution >= 4 is 38.9 Å². The maximum atomic E-state index is 2.64. The topological polar surface area (TPSA) is 15.9 Å². The molecular formula is C41H30N4+2. The summed E-state index contributed by atoms with van der Waals surface area (Å²) in [4.78, 5) is 2.61. The van der Waals surface area contributed by atoms with E-state index in [1.165, 1.54) is 89.3 Å². The summed E-state index contributed by atoms with van der Waals surface area (Å²) in [5.41, 5.74) is 16.6. The number of hydrogen-bond donors (Lipinski definition) is 0. The third kappa shape index (κ3) is 2.08. The molecule has 0 amide bonds. The van der Waals surface area contributed by atoms with Crippen molar-refractivity contribution in [2.24, 2.45) is 0 Å². The fraction of sp³-hybridized carbons (Fsp3) is 0.171. The summed E-state index contributed by atoms with van der Waals surface area (Å²) in [5.74, 6) is 1.29. The van der Waals surface area contributed by atoms with Crippen molar-refractivity contribution in [3.05, 3.63) is 143 Å². The van der Waals surface area contributed by atoms with Crippen LogP contribution in [0.15, 0.2) is 109 Å². The third-order valence-corrected chi connectivity index (χ3v) is 12.1. The van der Waals surface area contributed by atoms with Crippen molar-refractivity contribution < 1.29 is 9.13 Å². The van der Waals surface area contributed by atoms with E-state index in [1.807, 2.05) is 0 Å². The molecule has 3 aromatic heterocycles. The van der Waals surface area contributed by atoms with E-state index in [0.29, 0.717) is 0 Å². The number of fused-ring (bicyclic) bond motifs is 6. The Hall–Kier alpha value is -5.22. The van der Waals surface area contributed by atoms with Gasteiger partial charge in [-0.2, -0.15) is 9.13 Å². The van der Waals surface area contributed by atoms with Crippen LogP contribution in [0.3, 0.4) is 0 Å². The molecule has 7 aromatic rings. The van der Waals surface area contributed by atoms with Gasteiger partial charge in [-0.1, -0.05) is 64.1 Å². The molecule has 1 spiro atoms. The van der Waals surface area contributed by atoms with Gasteiger partial charge in [-0.05, 0) is 59.7 Å². The van der Waals surface area contributed by atoms with Crippen molar-refractivity contribution in [2.45, 2.75) is 44.2 Å². The Morgan fingerprint density at radius 3 is 2.20 bits per heavy atom. The molecule has 0 bridgehead atoms. The van der Waals surface area contributed by atoms with E-state index >= 15 is 0 Å². The van der Waals surface area contributed by atoms with E-state index in [-0.39, 0.29) is 10.8 Å². The van der Waals surface area contributed by atoms with Crippen LogP contribution < -0.4 is 14.0 Å². The summed E-state index contributed by atoms with van der Waals surface area (Å²) in [7, 11) is 0. The van der Waals surface area contributed by atoms with E-state index in [9.17, 15) is 0 Å². The Kier molecular flexibility index (Phi) is 3.46. The molecule has 4 heteroatoms. The maximum Gasteiger partial charge on any atom is 0.371 e. The largest absolute Gasteiger partial charge is 0.371 e. The highest BCUT2D eigenvalue weighted by Gasteiger charge is 2.69. The van der Waals surface area contributed by atoms with Crippen LogP contribution in [0.5, 0.6) is 0 Å². The molecule has 4 nitrogen and oxygen atoms in total. The van der Waals surface area contributed by atoms with Gasteiger partial charge in [-0.15, -0.1) is 4.57 Å². The lowest BCUT2D eigenvalue weighted by Gasteiger charge is -2.47. The van der Waals surface area contributed by atoms with Crippen LogP contribution in [0.2, 0.25) is 0 Å². The van der Waals surface area contributed by atoms with Crippen molar-refractivity contribution in [1.82, 2.24) is 4.57 Å². The minimum atomic E-state index is -0.575. The Labute approximate surface area is 261 Å². The highest BCUT2D eigenvalue weighted by molar-refractivity contribution is 6.15. The zero-order valence-corrected chi connectivity index (χ0v) is 25.7.